The van der Waals surface area contributed by atoms with Gasteiger partial charge < -0.3 is 10.2 Å². The van der Waals surface area contributed by atoms with Crippen molar-refractivity contribution in [2.24, 2.45) is 0 Å². The van der Waals surface area contributed by atoms with Crippen LogP contribution in [0.15, 0.2) is 18.2 Å². The Bertz CT molecular complexity index is 543. The molecule has 1 aromatic rings. The smallest absolute Gasteiger partial charge is 0.355 e. The van der Waals surface area contributed by atoms with Crippen LogP contribution in [0.2, 0.25) is 0 Å². The molecule has 1 aromatic carbocycles. The zero-order chi connectivity index (χ0) is 16.2. The largest absolute Gasteiger partial charge is 0.419 e. The second-order valence-electron chi connectivity index (χ2n) is 4.31. The summed E-state index contributed by atoms with van der Waals surface area (Å²) in [6, 6.07) is 1.96. The van der Waals surface area contributed by atoms with Gasteiger partial charge in [-0.1, -0.05) is 0 Å². The molecule has 0 radical (unpaired) electrons. The molecule has 0 aliphatic carbocycles. The van der Waals surface area contributed by atoms with E-state index in [1.165, 1.54) is 7.05 Å². The maximum absolute atomic E-state index is 13.1. The summed E-state index contributed by atoms with van der Waals surface area (Å²) in [5, 5.41) is 2.45. The zero-order valence-corrected chi connectivity index (χ0v) is 11.4. The fourth-order valence-corrected chi connectivity index (χ4v) is 1.64. The molecular weight excluding hydrogens is 292 g/mol. The third-order valence-electron chi connectivity index (χ3n) is 2.62. The Morgan fingerprint density at radius 2 is 1.90 bits per heavy atom. The topological polar surface area (TPSA) is 49.4 Å². The van der Waals surface area contributed by atoms with Gasteiger partial charge in [0.05, 0.1) is 12.1 Å². The van der Waals surface area contributed by atoms with Gasteiger partial charge >= 0.3 is 6.18 Å². The third-order valence-corrected chi connectivity index (χ3v) is 2.62. The van der Waals surface area contributed by atoms with Crippen molar-refractivity contribution < 1.29 is 27.2 Å². The lowest BCUT2D eigenvalue weighted by molar-refractivity contribution is -0.140. The Morgan fingerprint density at radius 1 is 1.29 bits per heavy atom. The number of benzene rings is 1. The summed E-state index contributed by atoms with van der Waals surface area (Å²) in [6.45, 7) is 1.76. The number of amides is 2. The van der Waals surface area contributed by atoms with Gasteiger partial charge in [-0.15, -0.1) is 0 Å². The molecule has 4 nitrogen and oxygen atoms in total. The molecule has 0 aliphatic rings. The number of carbonyl (C=O) groups excluding carboxylic acids is 2. The normalized spacial score (nSPS) is 11.1. The minimum absolute atomic E-state index is 0.300. The van der Waals surface area contributed by atoms with Gasteiger partial charge in [0.15, 0.2) is 0 Å². The Balaban J connectivity index is 2.95. The minimum Gasteiger partial charge on any atom is -0.355 e. The summed E-state index contributed by atoms with van der Waals surface area (Å²) in [6.07, 6.45) is -4.89. The second kappa shape index (κ2) is 6.55. The number of carbonyl (C=O) groups is 2. The van der Waals surface area contributed by atoms with Crippen molar-refractivity contribution in [3.63, 3.8) is 0 Å². The first kappa shape index (κ1) is 16.9. The molecule has 8 heteroatoms. The van der Waals surface area contributed by atoms with Crippen molar-refractivity contribution in [3.8, 4) is 0 Å². The number of alkyl halides is 3. The van der Waals surface area contributed by atoms with E-state index in [1.807, 2.05) is 0 Å². The highest BCUT2D eigenvalue weighted by Gasteiger charge is 2.35. The van der Waals surface area contributed by atoms with Crippen molar-refractivity contribution >= 4 is 11.8 Å². The quantitative estimate of drug-likeness (QED) is 0.866. The van der Waals surface area contributed by atoms with E-state index in [4.69, 9.17) is 0 Å². The predicted octanol–water partition coefficient (Wildman–Crippen LogP) is 2.05. The van der Waals surface area contributed by atoms with E-state index in [-0.39, 0.29) is 12.1 Å². The molecular formula is C13H14F4N2O2. The van der Waals surface area contributed by atoms with Crippen LogP contribution < -0.4 is 5.32 Å². The average molecular weight is 306 g/mol. The van der Waals surface area contributed by atoms with E-state index in [9.17, 15) is 27.2 Å². The molecule has 1 rings (SSSR count). The highest BCUT2D eigenvalue weighted by molar-refractivity contribution is 5.96. The van der Waals surface area contributed by atoms with Gasteiger partial charge in [-0.25, -0.2) is 4.39 Å². The molecule has 0 bridgehead atoms. The number of hydrogen-bond donors (Lipinski definition) is 1. The first-order chi connectivity index (χ1) is 9.66. The number of halogens is 4. The second-order valence-corrected chi connectivity index (χ2v) is 4.31. The van der Waals surface area contributed by atoms with Crippen LogP contribution in [0, 0.1) is 5.82 Å². The molecule has 0 spiro atoms. The van der Waals surface area contributed by atoms with E-state index in [0.717, 1.165) is 11.0 Å². The highest BCUT2D eigenvalue weighted by atomic mass is 19.4. The summed E-state index contributed by atoms with van der Waals surface area (Å²) in [5.74, 6) is -2.69. The lowest BCUT2D eigenvalue weighted by Gasteiger charge is -2.17. The Hall–Kier alpha value is -2.12. The molecule has 0 fully saturated rings. The Kier molecular flexibility index (Phi) is 5.28. The Morgan fingerprint density at radius 3 is 2.43 bits per heavy atom. The van der Waals surface area contributed by atoms with Crippen LogP contribution in [-0.2, 0) is 11.0 Å². The fourth-order valence-electron chi connectivity index (χ4n) is 1.64. The maximum Gasteiger partial charge on any atom is 0.419 e. The predicted molar refractivity (Wildman–Crippen MR) is 67.0 cm³/mol. The first-order valence-corrected chi connectivity index (χ1v) is 6.05. The number of nitrogens with zero attached hydrogens (tertiary/aromatic N) is 1. The molecule has 0 heterocycles. The van der Waals surface area contributed by atoms with E-state index in [1.54, 1.807) is 6.92 Å². The van der Waals surface area contributed by atoms with Crippen LogP contribution in [0.5, 0.6) is 0 Å². The lowest BCUT2D eigenvalue weighted by atomic mass is 10.1. The maximum atomic E-state index is 13.1. The molecule has 0 unspecified atom stereocenters. The van der Waals surface area contributed by atoms with Crippen LogP contribution in [0.4, 0.5) is 17.6 Å². The number of likely N-dealkylation sites (N-methyl/N-ethyl adjacent to an activating group) is 2. The summed E-state index contributed by atoms with van der Waals surface area (Å²) in [4.78, 5) is 24.2. The molecule has 0 aliphatic heterocycles. The molecule has 2 amide bonds. The van der Waals surface area contributed by atoms with E-state index >= 15 is 0 Å². The average Bonchev–Trinajstić information content (AvgIpc) is 2.37. The van der Waals surface area contributed by atoms with Crippen LogP contribution in [0.3, 0.4) is 0 Å². The molecule has 116 valence electrons. The van der Waals surface area contributed by atoms with Gasteiger partial charge in [-0.3, -0.25) is 9.59 Å². The van der Waals surface area contributed by atoms with Gasteiger partial charge in [-0.2, -0.15) is 13.2 Å². The SMILES string of the molecule is CCNC(=O)CN(C)C(=O)c1ccc(F)c(C(F)(F)F)c1. The van der Waals surface area contributed by atoms with Crippen molar-refractivity contribution in [2.75, 3.05) is 20.1 Å². The summed E-state index contributed by atoms with van der Waals surface area (Å²) in [5.41, 5.74) is -1.85. The van der Waals surface area contributed by atoms with E-state index < -0.39 is 29.4 Å². The van der Waals surface area contributed by atoms with Gasteiger partial charge in [0.1, 0.15) is 5.82 Å². The van der Waals surface area contributed by atoms with Gasteiger partial charge in [0, 0.05) is 19.2 Å². The summed E-state index contributed by atoms with van der Waals surface area (Å²) >= 11 is 0. The van der Waals surface area contributed by atoms with Crippen molar-refractivity contribution in [2.45, 2.75) is 13.1 Å². The van der Waals surface area contributed by atoms with Crippen LogP contribution in [0.1, 0.15) is 22.8 Å². The van der Waals surface area contributed by atoms with Crippen LogP contribution in [-0.4, -0.2) is 36.9 Å². The van der Waals surface area contributed by atoms with Gasteiger partial charge in [0.25, 0.3) is 5.91 Å². The molecule has 0 saturated heterocycles. The molecule has 0 aromatic heterocycles. The molecule has 0 atom stereocenters. The van der Waals surface area contributed by atoms with Crippen LogP contribution >= 0.6 is 0 Å². The van der Waals surface area contributed by atoms with Crippen LogP contribution in [0.25, 0.3) is 0 Å². The highest BCUT2D eigenvalue weighted by Crippen LogP contribution is 2.32. The molecule has 21 heavy (non-hydrogen) atoms. The standard InChI is InChI=1S/C13H14F4N2O2/c1-3-18-11(20)7-19(2)12(21)8-4-5-10(14)9(6-8)13(15,16)17/h4-6H,3,7H2,1-2H3,(H,18,20). The van der Waals surface area contributed by atoms with E-state index in [2.05, 4.69) is 5.32 Å². The van der Waals surface area contributed by atoms with Gasteiger partial charge in [0.2, 0.25) is 5.91 Å². The van der Waals surface area contributed by atoms with Crippen molar-refractivity contribution in [3.05, 3.63) is 35.1 Å². The zero-order valence-electron chi connectivity index (χ0n) is 11.4. The Labute approximate surface area is 118 Å². The minimum atomic E-state index is -4.89. The van der Waals surface area contributed by atoms with Gasteiger partial charge in [-0.05, 0) is 25.1 Å². The number of nitrogens with one attached hydrogen (secondary N) is 1. The summed E-state index contributed by atoms with van der Waals surface area (Å²) < 4.78 is 50.9. The third kappa shape index (κ3) is 4.44. The number of rotatable bonds is 4. The lowest BCUT2D eigenvalue weighted by Crippen LogP contribution is -2.38. The van der Waals surface area contributed by atoms with E-state index in [0.29, 0.717) is 18.7 Å². The van der Waals surface area contributed by atoms with Crippen molar-refractivity contribution in [1.29, 1.82) is 0 Å². The fraction of sp³-hybridized carbons (Fsp3) is 0.385. The summed E-state index contributed by atoms with van der Waals surface area (Å²) in [7, 11) is 1.27. The monoisotopic (exact) mass is 306 g/mol. The molecule has 1 N–H and O–H groups in total. The van der Waals surface area contributed by atoms with Crippen molar-refractivity contribution in [1.82, 2.24) is 10.2 Å². The number of hydrogen-bond acceptors (Lipinski definition) is 2. The molecule has 0 saturated carbocycles. The first-order valence-electron chi connectivity index (χ1n) is 6.05.